The second kappa shape index (κ2) is 9.46. The van der Waals surface area contributed by atoms with Crippen molar-refractivity contribution in [3.8, 4) is 0 Å². The lowest BCUT2D eigenvalue weighted by molar-refractivity contribution is -0.887. The molecule has 20 heavy (non-hydrogen) atoms. The largest absolute Gasteiger partial charge is 0.445 e. The molecule has 6 nitrogen and oxygen atoms in total. The van der Waals surface area contributed by atoms with Crippen molar-refractivity contribution in [3.63, 3.8) is 0 Å². The summed E-state index contributed by atoms with van der Waals surface area (Å²) < 4.78 is 13.4. The minimum absolute atomic E-state index is 0.0829. The molecule has 0 rings (SSSR count). The summed E-state index contributed by atoms with van der Waals surface area (Å²) in [5, 5.41) is 9.56. The molecule has 0 aliphatic carbocycles. The number of rotatable bonds is 10. The van der Waals surface area contributed by atoms with Crippen LogP contribution in [0.3, 0.4) is 0 Å². The molecule has 0 aromatic carbocycles. The van der Waals surface area contributed by atoms with E-state index in [1.807, 2.05) is 41.9 Å². The highest BCUT2D eigenvalue weighted by Crippen LogP contribution is 2.11. The van der Waals surface area contributed by atoms with Crippen molar-refractivity contribution in [1.82, 2.24) is 4.57 Å². The van der Waals surface area contributed by atoms with E-state index in [1.165, 1.54) is 0 Å². The van der Waals surface area contributed by atoms with Crippen LogP contribution in [0, 0.1) is 0 Å². The van der Waals surface area contributed by atoms with Gasteiger partial charge in [-0.05, 0) is 20.3 Å². The molecule has 0 saturated heterocycles. The monoisotopic (exact) mass is 307 g/mol. The Labute approximate surface area is 124 Å². The van der Waals surface area contributed by atoms with Gasteiger partial charge in [0.2, 0.25) is 0 Å². The van der Waals surface area contributed by atoms with E-state index in [2.05, 4.69) is 0 Å². The fourth-order valence-electron chi connectivity index (χ4n) is 1.92. The summed E-state index contributed by atoms with van der Waals surface area (Å²) in [5.74, 6) is -0.0829. The Morgan fingerprint density at radius 2 is 1.70 bits per heavy atom. The van der Waals surface area contributed by atoms with Crippen LogP contribution in [0.15, 0.2) is 0 Å². The average Bonchev–Trinajstić information content (AvgIpc) is 2.34. The Morgan fingerprint density at radius 3 is 2.00 bits per heavy atom. The van der Waals surface area contributed by atoms with E-state index in [9.17, 15) is 9.90 Å². The van der Waals surface area contributed by atoms with Gasteiger partial charge in [0.05, 0.1) is 21.1 Å². The van der Waals surface area contributed by atoms with Crippen molar-refractivity contribution >= 4 is 15.4 Å². The van der Waals surface area contributed by atoms with Gasteiger partial charge >= 0.3 is 9.45 Å². The third kappa shape index (κ3) is 5.88. The molecule has 1 amide bonds. The first-order valence-corrected chi connectivity index (χ1v) is 8.74. The Bertz CT molecular complexity index is 278. The van der Waals surface area contributed by atoms with Crippen LogP contribution in [-0.4, -0.2) is 83.1 Å². The van der Waals surface area contributed by atoms with Crippen molar-refractivity contribution in [3.05, 3.63) is 0 Å². The molecular formula is C13H31N2O4Si+. The fourth-order valence-corrected chi connectivity index (χ4v) is 3.79. The average molecular weight is 307 g/mol. The third-order valence-corrected chi connectivity index (χ3v) is 5.27. The summed E-state index contributed by atoms with van der Waals surface area (Å²) >= 11 is 0. The van der Waals surface area contributed by atoms with Gasteiger partial charge in [0.15, 0.2) is 6.04 Å². The maximum atomic E-state index is 12.7. The zero-order valence-corrected chi connectivity index (χ0v) is 14.9. The molecule has 7 heteroatoms. The molecule has 0 aromatic heterocycles. The molecule has 0 aliphatic heterocycles. The van der Waals surface area contributed by atoms with E-state index in [0.717, 1.165) is 6.42 Å². The van der Waals surface area contributed by atoms with Gasteiger partial charge in [-0.1, -0.05) is 6.92 Å². The van der Waals surface area contributed by atoms with Crippen molar-refractivity contribution < 1.29 is 23.2 Å². The zero-order valence-electron chi connectivity index (χ0n) is 13.8. The second-order valence-electron chi connectivity index (χ2n) is 5.56. The number of amides is 1. The van der Waals surface area contributed by atoms with Gasteiger partial charge in [-0.25, -0.2) is 0 Å². The molecule has 1 atom stereocenters. The standard InChI is InChI=1S/C13H31N2O4Si/c1-7-10-14(20(18-8-2)19-9-3)13(17)12(11-16)15(4,5)6/h12,16,20H,7-11H2,1-6H3/q+1. The molecule has 1 N–H and O–H groups in total. The van der Waals surface area contributed by atoms with E-state index in [0.29, 0.717) is 24.2 Å². The van der Waals surface area contributed by atoms with Gasteiger partial charge in [0, 0.05) is 19.8 Å². The minimum atomic E-state index is -2.20. The van der Waals surface area contributed by atoms with Gasteiger partial charge in [-0.2, -0.15) is 0 Å². The summed E-state index contributed by atoms with van der Waals surface area (Å²) in [6, 6.07) is -0.488. The van der Waals surface area contributed by atoms with E-state index in [1.54, 1.807) is 4.57 Å². The summed E-state index contributed by atoms with van der Waals surface area (Å²) in [7, 11) is 3.51. The molecular weight excluding hydrogens is 276 g/mol. The van der Waals surface area contributed by atoms with Gasteiger partial charge in [0.25, 0.3) is 5.91 Å². The number of hydrogen-bond donors (Lipinski definition) is 1. The third-order valence-electron chi connectivity index (χ3n) is 3.01. The summed E-state index contributed by atoms with van der Waals surface area (Å²) in [6.07, 6.45) is 0.838. The summed E-state index contributed by atoms with van der Waals surface area (Å²) in [4.78, 5) is 12.7. The molecule has 0 aliphatic rings. The summed E-state index contributed by atoms with van der Waals surface area (Å²) in [6.45, 7) is 7.29. The lowest BCUT2D eigenvalue weighted by Crippen LogP contribution is -2.60. The van der Waals surface area contributed by atoms with Crippen LogP contribution in [0.1, 0.15) is 27.2 Å². The van der Waals surface area contributed by atoms with E-state index in [4.69, 9.17) is 8.85 Å². The van der Waals surface area contributed by atoms with E-state index < -0.39 is 15.5 Å². The van der Waals surface area contributed by atoms with Gasteiger partial charge in [0.1, 0.15) is 6.61 Å². The molecule has 0 saturated carbocycles. The van der Waals surface area contributed by atoms with Crippen molar-refractivity contribution in [1.29, 1.82) is 0 Å². The van der Waals surface area contributed by atoms with Crippen LogP contribution < -0.4 is 0 Å². The normalized spacial score (nSPS) is 13.6. The molecule has 0 fully saturated rings. The molecule has 0 heterocycles. The number of aliphatic hydroxyl groups excluding tert-OH is 1. The highest BCUT2D eigenvalue weighted by Gasteiger charge is 2.38. The van der Waals surface area contributed by atoms with Crippen LogP contribution in [0.2, 0.25) is 0 Å². The lowest BCUT2D eigenvalue weighted by atomic mass is 10.2. The number of quaternary nitrogens is 1. The van der Waals surface area contributed by atoms with Crippen LogP contribution in [-0.2, 0) is 13.6 Å². The van der Waals surface area contributed by atoms with E-state index in [-0.39, 0.29) is 12.5 Å². The van der Waals surface area contributed by atoms with Crippen LogP contribution >= 0.6 is 0 Å². The maximum absolute atomic E-state index is 12.7. The molecule has 0 aromatic rings. The van der Waals surface area contributed by atoms with Gasteiger partial charge in [-0.15, -0.1) is 0 Å². The number of hydrogen-bond acceptors (Lipinski definition) is 4. The zero-order chi connectivity index (χ0) is 15.8. The first kappa shape index (κ1) is 19.5. The predicted octanol–water partition coefficient (Wildman–Crippen LogP) is 0.0823. The van der Waals surface area contributed by atoms with Gasteiger partial charge in [-0.3, -0.25) is 4.79 Å². The molecule has 120 valence electrons. The fraction of sp³-hybridized carbons (Fsp3) is 0.923. The Hall–Kier alpha value is -0.473. The second-order valence-corrected chi connectivity index (χ2v) is 7.47. The van der Waals surface area contributed by atoms with Crippen LogP contribution in [0.5, 0.6) is 0 Å². The van der Waals surface area contributed by atoms with Crippen molar-refractivity contribution in [2.24, 2.45) is 0 Å². The molecule has 0 bridgehead atoms. The SMILES string of the molecule is CCCN(C(=O)C(CO)[N+](C)(C)C)[SiH](OCC)OCC. The maximum Gasteiger partial charge on any atom is 0.445 e. The highest BCUT2D eigenvalue weighted by molar-refractivity contribution is 6.45. The quantitative estimate of drug-likeness (QED) is 0.459. The van der Waals surface area contributed by atoms with Gasteiger partial charge < -0.3 is 23.0 Å². The van der Waals surface area contributed by atoms with Crippen molar-refractivity contribution in [2.75, 3.05) is 47.5 Å². The first-order chi connectivity index (χ1) is 9.33. The number of likely N-dealkylation sites (N-methyl/N-ethyl adjacent to an activating group) is 1. The summed E-state index contributed by atoms with van der Waals surface area (Å²) in [5.41, 5.74) is 0. The van der Waals surface area contributed by atoms with E-state index >= 15 is 0 Å². The Balaban J connectivity index is 5.16. The molecule has 0 radical (unpaired) electrons. The number of aliphatic hydroxyl groups is 1. The first-order valence-electron chi connectivity index (χ1n) is 7.29. The number of carbonyl (C=O) groups is 1. The molecule has 0 spiro atoms. The van der Waals surface area contributed by atoms with Crippen LogP contribution in [0.25, 0.3) is 0 Å². The predicted molar refractivity (Wildman–Crippen MR) is 81.3 cm³/mol. The topological polar surface area (TPSA) is 59.0 Å². The Morgan fingerprint density at radius 1 is 1.20 bits per heavy atom. The van der Waals surface area contributed by atoms with Crippen LogP contribution in [0.4, 0.5) is 0 Å². The number of carbonyl (C=O) groups excluding carboxylic acids is 1. The Kier molecular flexibility index (Phi) is 9.24. The lowest BCUT2D eigenvalue weighted by Gasteiger charge is -2.37. The smallest absolute Gasteiger partial charge is 0.390 e. The number of nitrogens with zero attached hydrogens (tertiary/aromatic N) is 2. The van der Waals surface area contributed by atoms with Crippen molar-refractivity contribution in [2.45, 2.75) is 33.2 Å². The minimum Gasteiger partial charge on any atom is -0.390 e. The highest BCUT2D eigenvalue weighted by atomic mass is 28.3. The molecule has 1 unspecified atom stereocenters.